The highest BCUT2D eigenvalue weighted by Gasteiger charge is 2.12. The van der Waals surface area contributed by atoms with E-state index in [0.717, 1.165) is 6.54 Å². The van der Waals surface area contributed by atoms with E-state index in [2.05, 4.69) is 57.3 Å². The Bertz CT molecular complexity index is 310. The highest BCUT2D eigenvalue weighted by atomic mass is 79.9. The summed E-state index contributed by atoms with van der Waals surface area (Å²) >= 11 is 5.64. The molecule has 1 saturated heterocycles. The van der Waals surface area contributed by atoms with Gasteiger partial charge in [0.25, 0.3) is 0 Å². The molecule has 82 valence electrons. The summed E-state index contributed by atoms with van der Waals surface area (Å²) in [7, 11) is 0. The summed E-state index contributed by atoms with van der Waals surface area (Å²) in [5.41, 5.74) is 1.35. The first kappa shape index (κ1) is 11.5. The van der Waals surface area contributed by atoms with E-state index in [1.807, 2.05) is 0 Å². The molecule has 1 fully saturated rings. The van der Waals surface area contributed by atoms with Crippen molar-refractivity contribution in [2.75, 3.05) is 11.5 Å². The lowest BCUT2D eigenvalue weighted by Gasteiger charge is -2.22. The first-order valence-electron chi connectivity index (χ1n) is 5.41. The van der Waals surface area contributed by atoms with Crippen molar-refractivity contribution in [3.63, 3.8) is 0 Å². The summed E-state index contributed by atoms with van der Waals surface area (Å²) in [6.45, 7) is 0.979. The van der Waals surface area contributed by atoms with Crippen LogP contribution in [-0.2, 0) is 6.54 Å². The van der Waals surface area contributed by atoms with Gasteiger partial charge in [-0.05, 0) is 30.2 Å². The summed E-state index contributed by atoms with van der Waals surface area (Å²) in [4.78, 5) is 0. The van der Waals surface area contributed by atoms with E-state index in [1.54, 1.807) is 0 Å². The van der Waals surface area contributed by atoms with Gasteiger partial charge in [0, 0.05) is 22.8 Å². The lowest BCUT2D eigenvalue weighted by molar-refractivity contribution is 0.507. The summed E-state index contributed by atoms with van der Waals surface area (Å²) < 4.78 is 1.21. The predicted octanol–water partition coefficient (Wildman–Crippen LogP) is 3.43. The van der Waals surface area contributed by atoms with Crippen LogP contribution in [0.3, 0.4) is 0 Å². The first-order valence-corrected chi connectivity index (χ1v) is 7.35. The van der Waals surface area contributed by atoms with E-state index in [4.69, 9.17) is 0 Å². The third-order valence-corrected chi connectivity index (χ3v) is 4.69. The van der Waals surface area contributed by atoms with Crippen LogP contribution < -0.4 is 5.32 Å². The number of hydrogen-bond acceptors (Lipinski definition) is 2. The van der Waals surface area contributed by atoms with Gasteiger partial charge in [-0.15, -0.1) is 0 Å². The van der Waals surface area contributed by atoms with Crippen LogP contribution in [0, 0.1) is 0 Å². The second-order valence-electron chi connectivity index (χ2n) is 3.89. The van der Waals surface area contributed by atoms with Gasteiger partial charge in [-0.2, -0.15) is 11.8 Å². The monoisotopic (exact) mass is 285 g/mol. The highest BCUT2D eigenvalue weighted by molar-refractivity contribution is 9.10. The van der Waals surface area contributed by atoms with Gasteiger partial charge in [0.2, 0.25) is 0 Å². The van der Waals surface area contributed by atoms with Gasteiger partial charge < -0.3 is 5.32 Å². The van der Waals surface area contributed by atoms with Crippen LogP contribution >= 0.6 is 27.7 Å². The summed E-state index contributed by atoms with van der Waals surface area (Å²) in [6.07, 6.45) is 2.69. The van der Waals surface area contributed by atoms with E-state index in [0.29, 0.717) is 6.04 Å². The van der Waals surface area contributed by atoms with Gasteiger partial charge in [-0.1, -0.05) is 34.1 Å². The Kier molecular flexibility index (Phi) is 4.54. The molecule has 1 aromatic rings. The molecule has 0 spiro atoms. The van der Waals surface area contributed by atoms with Crippen molar-refractivity contribution in [2.45, 2.75) is 25.4 Å². The first-order chi connectivity index (χ1) is 7.36. The zero-order valence-electron chi connectivity index (χ0n) is 8.71. The molecule has 0 aromatic heterocycles. The molecule has 0 saturated carbocycles. The molecule has 0 aliphatic carbocycles. The fourth-order valence-electron chi connectivity index (χ4n) is 1.80. The molecule has 0 unspecified atom stereocenters. The molecule has 0 radical (unpaired) electrons. The maximum atomic E-state index is 3.63. The molecule has 1 heterocycles. The lowest BCUT2D eigenvalue weighted by Crippen LogP contribution is -2.33. The second kappa shape index (κ2) is 5.92. The molecule has 1 aliphatic rings. The third kappa shape index (κ3) is 3.51. The molecule has 1 nitrogen and oxygen atoms in total. The van der Waals surface area contributed by atoms with Crippen molar-refractivity contribution < 1.29 is 0 Å². The van der Waals surface area contributed by atoms with Crippen molar-refractivity contribution >= 4 is 27.7 Å². The topological polar surface area (TPSA) is 12.0 Å². The Morgan fingerprint density at radius 1 is 1.40 bits per heavy atom. The van der Waals surface area contributed by atoms with Gasteiger partial charge in [0.1, 0.15) is 0 Å². The Hall–Kier alpha value is 0.01000. The van der Waals surface area contributed by atoms with E-state index >= 15 is 0 Å². The van der Waals surface area contributed by atoms with E-state index < -0.39 is 0 Å². The molecule has 1 aromatic carbocycles. The van der Waals surface area contributed by atoms with Crippen molar-refractivity contribution in [1.82, 2.24) is 5.32 Å². The highest BCUT2D eigenvalue weighted by Crippen LogP contribution is 2.19. The van der Waals surface area contributed by atoms with Gasteiger partial charge in [-0.3, -0.25) is 0 Å². The normalized spacial score (nSPS) is 21.5. The summed E-state index contributed by atoms with van der Waals surface area (Å²) in [6, 6.07) is 9.14. The van der Waals surface area contributed by atoms with E-state index in [-0.39, 0.29) is 0 Å². The van der Waals surface area contributed by atoms with Crippen LogP contribution in [0.2, 0.25) is 0 Å². The minimum Gasteiger partial charge on any atom is -0.309 e. The molecule has 0 bridgehead atoms. The Morgan fingerprint density at radius 2 is 2.27 bits per heavy atom. The Morgan fingerprint density at radius 3 is 3.00 bits per heavy atom. The second-order valence-corrected chi connectivity index (χ2v) is 5.89. The van der Waals surface area contributed by atoms with Crippen molar-refractivity contribution in [1.29, 1.82) is 0 Å². The number of halogens is 1. The number of rotatable bonds is 3. The molecule has 0 amide bonds. The molecule has 1 aliphatic heterocycles. The van der Waals surface area contributed by atoms with Gasteiger partial charge in [0.15, 0.2) is 0 Å². The number of thioether (sulfide) groups is 1. The predicted molar refractivity (Wildman–Crippen MR) is 71.3 cm³/mol. The van der Waals surface area contributed by atoms with E-state index in [9.17, 15) is 0 Å². The molecular weight excluding hydrogens is 270 g/mol. The fourth-order valence-corrected chi connectivity index (χ4v) is 3.33. The average molecular weight is 286 g/mol. The summed E-state index contributed by atoms with van der Waals surface area (Å²) in [5.74, 6) is 2.61. The molecule has 3 heteroatoms. The third-order valence-electron chi connectivity index (χ3n) is 2.70. The standard InChI is InChI=1S/C12H16BrNS/c13-12-6-2-1-4-10(12)8-14-11-5-3-7-15-9-11/h1-2,4,6,11,14H,3,5,7-9H2/t11-/m0/s1. The van der Waals surface area contributed by atoms with E-state index in [1.165, 1.54) is 34.4 Å². The smallest absolute Gasteiger partial charge is 0.0220 e. The maximum absolute atomic E-state index is 3.63. The van der Waals surface area contributed by atoms with Gasteiger partial charge in [-0.25, -0.2) is 0 Å². The van der Waals surface area contributed by atoms with Crippen LogP contribution in [0.4, 0.5) is 0 Å². The average Bonchev–Trinajstić information content (AvgIpc) is 2.29. The maximum Gasteiger partial charge on any atom is 0.0220 e. The van der Waals surface area contributed by atoms with Crippen LogP contribution in [0.15, 0.2) is 28.7 Å². The summed E-state index contributed by atoms with van der Waals surface area (Å²) in [5, 5.41) is 3.63. The number of hydrogen-bond donors (Lipinski definition) is 1. The molecular formula is C12H16BrNS. The minimum absolute atomic E-state index is 0.704. The van der Waals surface area contributed by atoms with Crippen LogP contribution in [0.25, 0.3) is 0 Å². The molecule has 15 heavy (non-hydrogen) atoms. The Balaban J connectivity index is 1.84. The SMILES string of the molecule is Brc1ccccc1CN[C@H]1CCCSC1. The zero-order chi connectivity index (χ0) is 10.5. The molecule has 2 rings (SSSR count). The number of nitrogens with one attached hydrogen (secondary N) is 1. The molecule has 1 atom stereocenters. The zero-order valence-corrected chi connectivity index (χ0v) is 11.1. The van der Waals surface area contributed by atoms with Gasteiger partial charge in [0.05, 0.1) is 0 Å². The molecule has 1 N–H and O–H groups in total. The largest absolute Gasteiger partial charge is 0.309 e. The number of benzene rings is 1. The van der Waals surface area contributed by atoms with Gasteiger partial charge >= 0.3 is 0 Å². The minimum atomic E-state index is 0.704. The van der Waals surface area contributed by atoms with Crippen LogP contribution in [-0.4, -0.2) is 17.5 Å². The van der Waals surface area contributed by atoms with Crippen molar-refractivity contribution in [3.8, 4) is 0 Å². The van der Waals surface area contributed by atoms with Crippen molar-refractivity contribution in [3.05, 3.63) is 34.3 Å². The lowest BCUT2D eigenvalue weighted by atomic mass is 10.1. The van der Waals surface area contributed by atoms with Crippen LogP contribution in [0.1, 0.15) is 18.4 Å². The van der Waals surface area contributed by atoms with Crippen molar-refractivity contribution in [2.24, 2.45) is 0 Å². The quantitative estimate of drug-likeness (QED) is 0.913. The van der Waals surface area contributed by atoms with Crippen LogP contribution in [0.5, 0.6) is 0 Å². The Labute approximate surface area is 104 Å². The fraction of sp³-hybridized carbons (Fsp3) is 0.500.